The Bertz CT molecular complexity index is 1260. The highest BCUT2D eigenvalue weighted by Crippen LogP contribution is 2.29. The molecule has 0 aliphatic rings. The monoisotopic (exact) mass is 542 g/mol. The molecule has 0 bridgehead atoms. The molecular weight excluding hydrogens is 511 g/mol. The van der Waals surface area contributed by atoms with Crippen molar-refractivity contribution in [2.24, 2.45) is 0 Å². The molecule has 0 saturated carbocycles. The molecule has 0 fully saturated rings. The average Bonchev–Trinajstić information content (AvgIpc) is 2.90. The van der Waals surface area contributed by atoms with E-state index in [0.29, 0.717) is 17.1 Å². The number of pyridine rings is 1. The highest BCUT2D eigenvalue weighted by atomic mass is 19.1. The number of aromatic nitrogens is 1. The number of ether oxygens (including phenoxy) is 4. The van der Waals surface area contributed by atoms with E-state index < -0.39 is 36.3 Å². The predicted molar refractivity (Wildman–Crippen MR) is 139 cm³/mol. The number of benzene rings is 2. The molecule has 0 aliphatic carbocycles. The largest absolute Gasteiger partial charge is 0.508 e. The van der Waals surface area contributed by atoms with Crippen LogP contribution in [-0.2, 0) is 20.7 Å². The second-order valence-corrected chi connectivity index (χ2v) is 8.26. The van der Waals surface area contributed by atoms with Gasteiger partial charge in [-0.3, -0.25) is 14.4 Å². The third-order valence-corrected chi connectivity index (χ3v) is 5.07. The summed E-state index contributed by atoms with van der Waals surface area (Å²) in [6, 6.07) is 12.6. The maximum atomic E-state index is 13.3. The van der Waals surface area contributed by atoms with E-state index in [9.17, 15) is 18.8 Å². The molecule has 0 radical (unpaired) electrons. The standard InChI is InChI=1S/C21H23FN2O7.C7H8O/c1-12(9-14-5-6-15(22)10-17(14)29-4)30-18(26)11-24-21(27)19-20(31-13(2)25)16(28-3)7-8-23-19;1-6-2-4-7(8)5-3-6/h5-8,10,12H,9,11H2,1-4H3,(H,24,27);2-5,8H,1H3. The molecule has 208 valence electrons. The van der Waals surface area contributed by atoms with Gasteiger partial charge in [0.15, 0.2) is 11.4 Å². The molecule has 1 heterocycles. The van der Waals surface area contributed by atoms with Crippen LogP contribution < -0.4 is 19.5 Å². The van der Waals surface area contributed by atoms with Gasteiger partial charge in [0.25, 0.3) is 5.91 Å². The minimum absolute atomic E-state index is 0.139. The number of phenols is 1. The molecule has 2 aromatic carbocycles. The molecule has 10 nitrogen and oxygen atoms in total. The first-order valence-corrected chi connectivity index (χ1v) is 11.8. The molecular formula is C28H31FN2O8. The minimum atomic E-state index is -0.750. The van der Waals surface area contributed by atoms with Crippen molar-refractivity contribution in [2.75, 3.05) is 20.8 Å². The van der Waals surface area contributed by atoms with Gasteiger partial charge in [-0.15, -0.1) is 0 Å². The Morgan fingerprint density at radius 2 is 1.69 bits per heavy atom. The van der Waals surface area contributed by atoms with Gasteiger partial charge in [-0.1, -0.05) is 23.8 Å². The van der Waals surface area contributed by atoms with E-state index in [-0.39, 0.29) is 23.6 Å². The second-order valence-electron chi connectivity index (χ2n) is 8.26. The number of nitrogens with one attached hydrogen (secondary N) is 1. The molecule has 0 spiro atoms. The third-order valence-electron chi connectivity index (χ3n) is 5.07. The van der Waals surface area contributed by atoms with E-state index in [2.05, 4.69) is 10.3 Å². The van der Waals surface area contributed by atoms with Crippen LogP contribution in [0.15, 0.2) is 54.7 Å². The maximum absolute atomic E-state index is 13.3. The van der Waals surface area contributed by atoms with Crippen molar-refractivity contribution in [3.63, 3.8) is 0 Å². The normalized spacial score (nSPS) is 10.8. The zero-order valence-corrected chi connectivity index (χ0v) is 22.3. The molecule has 1 unspecified atom stereocenters. The summed E-state index contributed by atoms with van der Waals surface area (Å²) in [7, 11) is 2.76. The van der Waals surface area contributed by atoms with E-state index >= 15 is 0 Å². The molecule has 1 aromatic heterocycles. The molecule has 0 saturated heterocycles. The van der Waals surface area contributed by atoms with Gasteiger partial charge >= 0.3 is 11.9 Å². The Kier molecular flexibility index (Phi) is 11.7. The molecule has 0 aliphatic heterocycles. The Hall–Kier alpha value is -4.67. The van der Waals surface area contributed by atoms with Crippen LogP contribution in [0.2, 0.25) is 0 Å². The van der Waals surface area contributed by atoms with Gasteiger partial charge in [-0.2, -0.15) is 0 Å². The molecule has 1 atom stereocenters. The number of nitrogens with zero attached hydrogens (tertiary/aromatic N) is 1. The van der Waals surface area contributed by atoms with Crippen LogP contribution in [0.1, 0.15) is 35.5 Å². The van der Waals surface area contributed by atoms with Crippen molar-refractivity contribution in [3.8, 4) is 23.0 Å². The summed E-state index contributed by atoms with van der Waals surface area (Å²) in [5.41, 5.74) is 1.62. The first-order chi connectivity index (χ1) is 18.5. The summed E-state index contributed by atoms with van der Waals surface area (Å²) in [4.78, 5) is 39.8. The van der Waals surface area contributed by atoms with Gasteiger partial charge in [-0.25, -0.2) is 9.37 Å². The van der Waals surface area contributed by atoms with Crippen molar-refractivity contribution < 1.29 is 42.8 Å². The van der Waals surface area contributed by atoms with E-state index in [1.54, 1.807) is 25.1 Å². The van der Waals surface area contributed by atoms with Gasteiger partial charge in [0, 0.05) is 31.7 Å². The summed E-state index contributed by atoms with van der Waals surface area (Å²) >= 11 is 0. The summed E-state index contributed by atoms with van der Waals surface area (Å²) in [6.07, 6.45) is 1.03. The van der Waals surface area contributed by atoms with E-state index in [1.165, 1.54) is 51.1 Å². The van der Waals surface area contributed by atoms with Crippen LogP contribution in [0.3, 0.4) is 0 Å². The Morgan fingerprint density at radius 3 is 2.28 bits per heavy atom. The topological polar surface area (TPSA) is 133 Å². The number of hydrogen-bond donors (Lipinski definition) is 2. The lowest BCUT2D eigenvalue weighted by atomic mass is 10.1. The third kappa shape index (κ3) is 9.95. The first-order valence-electron chi connectivity index (χ1n) is 11.8. The zero-order chi connectivity index (χ0) is 28.9. The number of rotatable bonds is 9. The van der Waals surface area contributed by atoms with Crippen LogP contribution in [0, 0.1) is 12.7 Å². The van der Waals surface area contributed by atoms with Crippen molar-refractivity contribution in [3.05, 3.63) is 77.4 Å². The van der Waals surface area contributed by atoms with Gasteiger partial charge in [0.05, 0.1) is 14.2 Å². The number of halogens is 1. The lowest BCUT2D eigenvalue weighted by Gasteiger charge is -2.16. The lowest BCUT2D eigenvalue weighted by Crippen LogP contribution is -2.33. The molecule has 11 heteroatoms. The lowest BCUT2D eigenvalue weighted by molar-refractivity contribution is -0.146. The van der Waals surface area contributed by atoms with Crippen molar-refractivity contribution in [1.29, 1.82) is 0 Å². The number of hydrogen-bond acceptors (Lipinski definition) is 9. The molecule has 3 rings (SSSR count). The van der Waals surface area contributed by atoms with E-state index in [1.807, 2.05) is 19.1 Å². The summed E-state index contributed by atoms with van der Waals surface area (Å²) in [6.45, 7) is 4.37. The fourth-order valence-electron chi connectivity index (χ4n) is 3.28. The molecule has 39 heavy (non-hydrogen) atoms. The maximum Gasteiger partial charge on any atom is 0.325 e. The van der Waals surface area contributed by atoms with E-state index in [0.717, 1.165) is 0 Å². The Balaban J connectivity index is 0.000000568. The number of phenolic OH excluding ortho intramolecular Hbond substituents is 1. The number of methoxy groups -OCH3 is 2. The summed E-state index contributed by atoms with van der Waals surface area (Å²) < 4.78 is 33.8. The average molecular weight is 543 g/mol. The number of aryl methyl sites for hydroxylation is 1. The smallest absolute Gasteiger partial charge is 0.325 e. The molecule has 3 aromatic rings. The van der Waals surface area contributed by atoms with Crippen LogP contribution >= 0.6 is 0 Å². The SMILES string of the molecule is COc1cc(F)ccc1CC(C)OC(=O)CNC(=O)c1nccc(OC)c1OC(C)=O.Cc1ccc(O)cc1. The van der Waals surface area contributed by atoms with Gasteiger partial charge in [0.2, 0.25) is 5.75 Å². The highest BCUT2D eigenvalue weighted by molar-refractivity contribution is 5.98. The van der Waals surface area contributed by atoms with Gasteiger partial charge < -0.3 is 29.4 Å². The quantitative estimate of drug-likeness (QED) is 0.388. The number of carbonyl (C=O) groups excluding carboxylic acids is 3. The van der Waals surface area contributed by atoms with Crippen LogP contribution in [0.5, 0.6) is 23.0 Å². The van der Waals surface area contributed by atoms with Crippen LogP contribution in [0.4, 0.5) is 4.39 Å². The van der Waals surface area contributed by atoms with Crippen LogP contribution in [-0.4, -0.2) is 54.8 Å². The van der Waals surface area contributed by atoms with E-state index in [4.69, 9.17) is 24.1 Å². The minimum Gasteiger partial charge on any atom is -0.508 e. The van der Waals surface area contributed by atoms with Gasteiger partial charge in [0.1, 0.15) is 30.0 Å². The van der Waals surface area contributed by atoms with Crippen molar-refractivity contribution in [2.45, 2.75) is 33.3 Å². The summed E-state index contributed by atoms with van der Waals surface area (Å²) in [5.74, 6) is -1.88. The highest BCUT2D eigenvalue weighted by Gasteiger charge is 2.22. The predicted octanol–water partition coefficient (Wildman–Crippen LogP) is 3.77. The number of amides is 1. The molecule has 2 N–H and O–H groups in total. The van der Waals surface area contributed by atoms with Crippen molar-refractivity contribution >= 4 is 17.8 Å². The zero-order valence-electron chi connectivity index (χ0n) is 22.3. The molecule has 1 amide bonds. The van der Waals surface area contributed by atoms with Crippen molar-refractivity contribution in [1.82, 2.24) is 10.3 Å². The van der Waals surface area contributed by atoms with Gasteiger partial charge in [-0.05, 0) is 37.6 Å². The number of esters is 2. The number of carbonyl (C=O) groups is 3. The summed E-state index contributed by atoms with van der Waals surface area (Å²) in [5, 5.41) is 11.1. The Labute approximate surface area is 225 Å². The van der Waals surface area contributed by atoms with Crippen LogP contribution in [0.25, 0.3) is 0 Å². The fourth-order valence-corrected chi connectivity index (χ4v) is 3.28. The second kappa shape index (κ2) is 14.9. The Morgan fingerprint density at radius 1 is 1.03 bits per heavy atom. The number of aromatic hydroxyl groups is 1. The fraction of sp³-hybridized carbons (Fsp3) is 0.286. The first kappa shape index (κ1) is 30.6.